The lowest BCUT2D eigenvalue weighted by Crippen LogP contribution is -1.97. The lowest BCUT2D eigenvalue weighted by Gasteiger charge is -2.10. The van der Waals surface area contributed by atoms with Gasteiger partial charge in [0, 0.05) is 30.9 Å². The molecule has 1 aromatic rings. The summed E-state index contributed by atoms with van der Waals surface area (Å²) in [4.78, 5) is 0. The number of hydrogen-bond acceptors (Lipinski definition) is 3. The van der Waals surface area contributed by atoms with Gasteiger partial charge in [0.05, 0.1) is 13.2 Å². The Bertz CT molecular complexity index is 262. The highest BCUT2D eigenvalue weighted by molar-refractivity contribution is 5.53. The SMILES string of the molecule is CCOc1cc(NC)cc(OCC)c1. The van der Waals surface area contributed by atoms with Crippen molar-refractivity contribution in [2.75, 3.05) is 25.6 Å². The summed E-state index contributed by atoms with van der Waals surface area (Å²) in [6.07, 6.45) is 0. The molecule has 0 aliphatic rings. The molecule has 0 bridgehead atoms. The third-order valence-electron chi connectivity index (χ3n) is 1.79. The van der Waals surface area contributed by atoms with Crippen LogP contribution in [0.5, 0.6) is 11.5 Å². The van der Waals surface area contributed by atoms with Crippen LogP contribution in [0.2, 0.25) is 0 Å². The predicted octanol–water partition coefficient (Wildman–Crippen LogP) is 2.53. The van der Waals surface area contributed by atoms with Gasteiger partial charge in [-0.15, -0.1) is 0 Å². The number of rotatable bonds is 5. The van der Waals surface area contributed by atoms with Gasteiger partial charge in [-0.2, -0.15) is 0 Å². The van der Waals surface area contributed by atoms with Gasteiger partial charge in [0.1, 0.15) is 11.5 Å². The highest BCUT2D eigenvalue weighted by Crippen LogP contribution is 2.25. The maximum Gasteiger partial charge on any atom is 0.125 e. The zero-order chi connectivity index (χ0) is 10.4. The molecule has 3 heteroatoms. The molecule has 0 aromatic heterocycles. The number of hydrogen-bond donors (Lipinski definition) is 1. The molecule has 0 radical (unpaired) electrons. The molecule has 0 saturated carbocycles. The minimum Gasteiger partial charge on any atom is -0.494 e. The lowest BCUT2D eigenvalue weighted by molar-refractivity contribution is 0.323. The van der Waals surface area contributed by atoms with E-state index in [0.717, 1.165) is 17.2 Å². The van der Waals surface area contributed by atoms with Crippen molar-refractivity contribution in [3.8, 4) is 11.5 Å². The number of anilines is 1. The smallest absolute Gasteiger partial charge is 0.125 e. The molecule has 1 aromatic carbocycles. The van der Waals surface area contributed by atoms with Crippen molar-refractivity contribution < 1.29 is 9.47 Å². The van der Waals surface area contributed by atoms with Gasteiger partial charge in [-0.1, -0.05) is 0 Å². The summed E-state index contributed by atoms with van der Waals surface area (Å²) in [5, 5.41) is 3.06. The van der Waals surface area contributed by atoms with E-state index in [1.165, 1.54) is 0 Å². The molecule has 0 spiro atoms. The molecule has 0 aliphatic carbocycles. The van der Waals surface area contributed by atoms with E-state index in [9.17, 15) is 0 Å². The Morgan fingerprint density at radius 2 is 1.50 bits per heavy atom. The summed E-state index contributed by atoms with van der Waals surface area (Å²) >= 11 is 0. The van der Waals surface area contributed by atoms with Crippen LogP contribution >= 0.6 is 0 Å². The van der Waals surface area contributed by atoms with E-state index in [1.807, 2.05) is 39.1 Å². The minimum absolute atomic E-state index is 0.665. The normalized spacial score (nSPS) is 9.64. The fraction of sp³-hybridized carbons (Fsp3) is 0.455. The topological polar surface area (TPSA) is 30.5 Å². The van der Waals surface area contributed by atoms with Crippen molar-refractivity contribution >= 4 is 5.69 Å². The van der Waals surface area contributed by atoms with Gasteiger partial charge in [0.2, 0.25) is 0 Å². The molecule has 14 heavy (non-hydrogen) atoms. The molecular formula is C11H17NO2. The average Bonchev–Trinajstić information content (AvgIpc) is 2.18. The first-order valence-corrected chi connectivity index (χ1v) is 4.88. The zero-order valence-corrected chi connectivity index (χ0v) is 8.96. The third-order valence-corrected chi connectivity index (χ3v) is 1.79. The van der Waals surface area contributed by atoms with Gasteiger partial charge in [-0.05, 0) is 13.8 Å². The minimum atomic E-state index is 0.665. The molecule has 78 valence electrons. The Labute approximate surface area is 85.0 Å². The molecule has 0 saturated heterocycles. The van der Waals surface area contributed by atoms with Crippen LogP contribution in [-0.4, -0.2) is 20.3 Å². The van der Waals surface area contributed by atoms with Crippen LogP contribution in [0.1, 0.15) is 13.8 Å². The van der Waals surface area contributed by atoms with Crippen molar-refractivity contribution in [3.05, 3.63) is 18.2 Å². The molecule has 0 aliphatic heterocycles. The first kappa shape index (κ1) is 10.7. The van der Waals surface area contributed by atoms with Gasteiger partial charge in [0.25, 0.3) is 0 Å². The van der Waals surface area contributed by atoms with E-state index in [-0.39, 0.29) is 0 Å². The van der Waals surface area contributed by atoms with Crippen molar-refractivity contribution in [2.24, 2.45) is 0 Å². The summed E-state index contributed by atoms with van der Waals surface area (Å²) in [6, 6.07) is 5.80. The quantitative estimate of drug-likeness (QED) is 0.783. The summed E-state index contributed by atoms with van der Waals surface area (Å²) in [5.74, 6) is 1.67. The zero-order valence-electron chi connectivity index (χ0n) is 8.96. The van der Waals surface area contributed by atoms with Crippen molar-refractivity contribution in [3.63, 3.8) is 0 Å². The maximum atomic E-state index is 5.42. The second-order valence-electron chi connectivity index (χ2n) is 2.81. The number of ether oxygens (including phenoxy) is 2. The van der Waals surface area contributed by atoms with Crippen LogP contribution in [-0.2, 0) is 0 Å². The molecule has 1 N–H and O–H groups in total. The first-order chi connectivity index (χ1) is 6.80. The largest absolute Gasteiger partial charge is 0.494 e. The van der Waals surface area contributed by atoms with Gasteiger partial charge in [0.15, 0.2) is 0 Å². The third kappa shape index (κ3) is 2.83. The number of nitrogens with one attached hydrogen (secondary N) is 1. The molecule has 0 fully saturated rings. The Balaban J connectivity index is 2.88. The molecule has 0 atom stereocenters. The molecule has 0 unspecified atom stereocenters. The fourth-order valence-corrected chi connectivity index (χ4v) is 1.22. The van der Waals surface area contributed by atoms with Crippen molar-refractivity contribution in [2.45, 2.75) is 13.8 Å². The monoisotopic (exact) mass is 195 g/mol. The Kier molecular flexibility index (Phi) is 4.11. The Morgan fingerprint density at radius 1 is 1.00 bits per heavy atom. The summed E-state index contributed by atoms with van der Waals surface area (Å²) < 4.78 is 10.8. The first-order valence-electron chi connectivity index (χ1n) is 4.88. The van der Waals surface area contributed by atoms with Crippen molar-refractivity contribution in [1.29, 1.82) is 0 Å². The highest BCUT2D eigenvalue weighted by Gasteiger charge is 2.00. The second kappa shape index (κ2) is 5.37. The molecule has 3 nitrogen and oxygen atoms in total. The standard InChI is InChI=1S/C11H17NO2/c1-4-13-10-6-9(12-3)7-11(8-10)14-5-2/h6-8,12H,4-5H2,1-3H3. The van der Waals surface area contributed by atoms with Gasteiger partial charge >= 0.3 is 0 Å². The second-order valence-corrected chi connectivity index (χ2v) is 2.81. The molecular weight excluding hydrogens is 178 g/mol. The average molecular weight is 195 g/mol. The van der Waals surface area contributed by atoms with E-state index >= 15 is 0 Å². The van der Waals surface area contributed by atoms with Crippen LogP contribution < -0.4 is 14.8 Å². The van der Waals surface area contributed by atoms with Crippen LogP contribution in [0.25, 0.3) is 0 Å². The van der Waals surface area contributed by atoms with E-state index in [4.69, 9.17) is 9.47 Å². The summed E-state index contributed by atoms with van der Waals surface area (Å²) in [7, 11) is 1.88. The summed E-state index contributed by atoms with van der Waals surface area (Å²) in [6.45, 7) is 5.26. The molecule has 1 rings (SSSR count). The van der Waals surface area contributed by atoms with Crippen LogP contribution in [0.15, 0.2) is 18.2 Å². The van der Waals surface area contributed by atoms with Gasteiger partial charge in [-0.3, -0.25) is 0 Å². The Hall–Kier alpha value is -1.38. The fourth-order valence-electron chi connectivity index (χ4n) is 1.22. The van der Waals surface area contributed by atoms with E-state index in [0.29, 0.717) is 13.2 Å². The van der Waals surface area contributed by atoms with Crippen LogP contribution in [0.4, 0.5) is 5.69 Å². The molecule has 0 heterocycles. The Morgan fingerprint density at radius 3 is 1.86 bits per heavy atom. The van der Waals surface area contributed by atoms with E-state index in [2.05, 4.69) is 5.32 Å². The maximum absolute atomic E-state index is 5.42. The van der Waals surface area contributed by atoms with Crippen molar-refractivity contribution in [1.82, 2.24) is 0 Å². The highest BCUT2D eigenvalue weighted by atomic mass is 16.5. The van der Waals surface area contributed by atoms with Gasteiger partial charge in [-0.25, -0.2) is 0 Å². The lowest BCUT2D eigenvalue weighted by atomic mass is 10.3. The predicted molar refractivity (Wildman–Crippen MR) is 58.3 cm³/mol. The van der Waals surface area contributed by atoms with E-state index < -0.39 is 0 Å². The summed E-state index contributed by atoms with van der Waals surface area (Å²) in [5.41, 5.74) is 0.999. The van der Waals surface area contributed by atoms with E-state index in [1.54, 1.807) is 0 Å². The van der Waals surface area contributed by atoms with Crippen LogP contribution in [0.3, 0.4) is 0 Å². The van der Waals surface area contributed by atoms with Gasteiger partial charge < -0.3 is 14.8 Å². The van der Waals surface area contributed by atoms with Crippen LogP contribution in [0, 0.1) is 0 Å². The molecule has 0 amide bonds. The number of benzene rings is 1.